The van der Waals surface area contributed by atoms with E-state index in [1.807, 2.05) is 12.1 Å². The Balaban J connectivity index is 2.77. The highest BCUT2D eigenvalue weighted by Crippen LogP contribution is 2.25. The molecule has 0 bridgehead atoms. The molecule has 0 aliphatic carbocycles. The maximum atomic E-state index is 10.0. The summed E-state index contributed by atoms with van der Waals surface area (Å²) in [5.41, 5.74) is 0.960. The Morgan fingerprint density at radius 1 is 1.11 bits per heavy atom. The molecule has 0 atom stereocenters. The fourth-order valence-electron chi connectivity index (χ4n) is 2.28. The van der Waals surface area contributed by atoms with Crippen molar-refractivity contribution in [3.8, 4) is 11.5 Å². The first-order valence-electron chi connectivity index (χ1n) is 7.00. The normalized spacial score (nSPS) is 11.6. The van der Waals surface area contributed by atoms with Gasteiger partial charge in [0, 0.05) is 31.3 Å². The molecule has 108 valence electrons. The Labute approximate surface area is 117 Å². The molecule has 1 aromatic carbocycles. The average molecular weight is 265 g/mol. The number of nitrogens with zero attached hydrogens (tertiary/aromatic N) is 1. The molecule has 0 amide bonds. The van der Waals surface area contributed by atoms with Gasteiger partial charge in [0.2, 0.25) is 0 Å². The summed E-state index contributed by atoms with van der Waals surface area (Å²) in [5.74, 6) is 2.26. The van der Waals surface area contributed by atoms with Crippen molar-refractivity contribution in [1.29, 1.82) is 0 Å². The van der Waals surface area contributed by atoms with Crippen LogP contribution in [-0.4, -0.2) is 30.2 Å². The second-order valence-corrected chi connectivity index (χ2v) is 5.98. The van der Waals surface area contributed by atoms with Gasteiger partial charge in [0.25, 0.3) is 0 Å². The van der Waals surface area contributed by atoms with Crippen molar-refractivity contribution >= 4 is 0 Å². The first kappa shape index (κ1) is 15.8. The lowest BCUT2D eigenvalue weighted by atomic mass is 10.1. The lowest BCUT2D eigenvalue weighted by Crippen LogP contribution is -2.30. The standard InChI is InChI=1S/C16H27NO2/c1-12(2)9-17(10-13(3)4)11-14-6-7-15(19-5)8-16(14)18/h6-8,12-13,18H,9-11H2,1-5H3. The summed E-state index contributed by atoms with van der Waals surface area (Å²) in [6, 6.07) is 5.53. The van der Waals surface area contributed by atoms with Crippen molar-refractivity contribution < 1.29 is 9.84 Å². The zero-order chi connectivity index (χ0) is 14.4. The molecule has 0 aliphatic rings. The predicted molar refractivity (Wildman–Crippen MR) is 79.6 cm³/mol. The van der Waals surface area contributed by atoms with E-state index in [-0.39, 0.29) is 0 Å². The molecule has 0 fully saturated rings. The highest BCUT2D eigenvalue weighted by atomic mass is 16.5. The molecular formula is C16H27NO2. The van der Waals surface area contributed by atoms with Crippen LogP contribution in [0.1, 0.15) is 33.3 Å². The van der Waals surface area contributed by atoms with Gasteiger partial charge >= 0.3 is 0 Å². The summed E-state index contributed by atoms with van der Waals surface area (Å²) in [7, 11) is 1.61. The summed E-state index contributed by atoms with van der Waals surface area (Å²) in [6.07, 6.45) is 0. The van der Waals surface area contributed by atoms with Crippen LogP contribution in [0.25, 0.3) is 0 Å². The molecule has 0 radical (unpaired) electrons. The van der Waals surface area contributed by atoms with Crippen LogP contribution in [0.15, 0.2) is 18.2 Å². The molecule has 1 aromatic rings. The molecule has 0 saturated carbocycles. The minimum Gasteiger partial charge on any atom is -0.507 e. The summed E-state index contributed by atoms with van der Waals surface area (Å²) in [6.45, 7) is 11.8. The lowest BCUT2D eigenvalue weighted by molar-refractivity contribution is 0.209. The summed E-state index contributed by atoms with van der Waals surface area (Å²) in [4.78, 5) is 2.40. The Bertz CT molecular complexity index is 378. The molecule has 19 heavy (non-hydrogen) atoms. The fraction of sp³-hybridized carbons (Fsp3) is 0.625. The smallest absolute Gasteiger partial charge is 0.123 e. The Kier molecular flexibility index (Phi) is 6.16. The molecule has 3 nitrogen and oxygen atoms in total. The van der Waals surface area contributed by atoms with Gasteiger partial charge in [-0.25, -0.2) is 0 Å². The first-order chi connectivity index (χ1) is 8.92. The maximum absolute atomic E-state index is 10.0. The topological polar surface area (TPSA) is 32.7 Å². The molecule has 1 N–H and O–H groups in total. The van der Waals surface area contributed by atoms with E-state index in [9.17, 15) is 5.11 Å². The van der Waals surface area contributed by atoms with E-state index in [0.717, 1.165) is 25.2 Å². The number of hydrogen-bond donors (Lipinski definition) is 1. The SMILES string of the molecule is COc1ccc(CN(CC(C)C)CC(C)C)c(O)c1. The zero-order valence-electron chi connectivity index (χ0n) is 12.8. The average Bonchev–Trinajstić information content (AvgIpc) is 2.30. The zero-order valence-corrected chi connectivity index (χ0v) is 12.8. The molecule has 0 aliphatic heterocycles. The molecule has 0 aromatic heterocycles. The van der Waals surface area contributed by atoms with Crippen molar-refractivity contribution in [2.24, 2.45) is 11.8 Å². The van der Waals surface area contributed by atoms with E-state index in [4.69, 9.17) is 4.74 Å². The van der Waals surface area contributed by atoms with Gasteiger partial charge in [-0.15, -0.1) is 0 Å². The van der Waals surface area contributed by atoms with Crippen LogP contribution in [0.5, 0.6) is 11.5 Å². The van der Waals surface area contributed by atoms with Crippen molar-refractivity contribution in [2.75, 3.05) is 20.2 Å². The predicted octanol–water partition coefficient (Wildman–Crippen LogP) is 3.51. The van der Waals surface area contributed by atoms with Crippen LogP contribution >= 0.6 is 0 Å². The van der Waals surface area contributed by atoms with Crippen molar-refractivity contribution in [1.82, 2.24) is 4.90 Å². The molecule has 0 spiro atoms. The Hall–Kier alpha value is -1.22. The van der Waals surface area contributed by atoms with E-state index in [1.54, 1.807) is 13.2 Å². The lowest BCUT2D eigenvalue weighted by Gasteiger charge is -2.26. The van der Waals surface area contributed by atoms with Crippen LogP contribution in [0.3, 0.4) is 0 Å². The number of methoxy groups -OCH3 is 1. The van der Waals surface area contributed by atoms with E-state index >= 15 is 0 Å². The van der Waals surface area contributed by atoms with Gasteiger partial charge in [-0.05, 0) is 17.9 Å². The largest absolute Gasteiger partial charge is 0.507 e. The second kappa shape index (κ2) is 7.39. The number of benzene rings is 1. The molecular weight excluding hydrogens is 238 g/mol. The van der Waals surface area contributed by atoms with Crippen molar-refractivity contribution in [3.63, 3.8) is 0 Å². The van der Waals surface area contributed by atoms with Crippen molar-refractivity contribution in [3.05, 3.63) is 23.8 Å². The number of ether oxygens (including phenoxy) is 1. The summed E-state index contributed by atoms with van der Waals surface area (Å²) >= 11 is 0. The van der Waals surface area contributed by atoms with E-state index in [1.165, 1.54) is 0 Å². The Morgan fingerprint density at radius 3 is 2.11 bits per heavy atom. The van der Waals surface area contributed by atoms with Gasteiger partial charge in [0.1, 0.15) is 11.5 Å². The minimum atomic E-state index is 0.317. The fourth-order valence-corrected chi connectivity index (χ4v) is 2.28. The third-order valence-corrected chi connectivity index (χ3v) is 2.93. The highest BCUT2D eigenvalue weighted by molar-refractivity contribution is 5.39. The number of hydrogen-bond acceptors (Lipinski definition) is 3. The maximum Gasteiger partial charge on any atom is 0.123 e. The van der Waals surface area contributed by atoms with Crippen LogP contribution < -0.4 is 4.74 Å². The van der Waals surface area contributed by atoms with Crippen LogP contribution in [-0.2, 0) is 6.54 Å². The number of rotatable bonds is 7. The Morgan fingerprint density at radius 2 is 1.68 bits per heavy atom. The molecule has 3 heteroatoms. The van der Waals surface area contributed by atoms with Gasteiger partial charge in [-0.1, -0.05) is 33.8 Å². The van der Waals surface area contributed by atoms with Crippen molar-refractivity contribution in [2.45, 2.75) is 34.2 Å². The second-order valence-electron chi connectivity index (χ2n) is 5.98. The van der Waals surface area contributed by atoms with Gasteiger partial charge in [0.05, 0.1) is 7.11 Å². The van der Waals surface area contributed by atoms with Crippen LogP contribution in [0.4, 0.5) is 0 Å². The monoisotopic (exact) mass is 265 g/mol. The van der Waals surface area contributed by atoms with Gasteiger partial charge in [-0.2, -0.15) is 0 Å². The third kappa shape index (κ3) is 5.52. The number of aromatic hydroxyl groups is 1. The number of phenols is 1. The molecule has 0 heterocycles. The van der Waals surface area contributed by atoms with E-state index in [2.05, 4.69) is 32.6 Å². The summed E-state index contributed by atoms with van der Waals surface area (Å²) < 4.78 is 5.11. The third-order valence-electron chi connectivity index (χ3n) is 2.93. The first-order valence-corrected chi connectivity index (χ1v) is 7.00. The number of phenolic OH excluding ortho intramolecular Hbond substituents is 1. The van der Waals surface area contributed by atoms with Crippen LogP contribution in [0, 0.1) is 11.8 Å². The minimum absolute atomic E-state index is 0.317. The molecule has 0 unspecified atom stereocenters. The van der Waals surface area contributed by atoms with Gasteiger partial charge in [-0.3, -0.25) is 4.90 Å². The van der Waals surface area contributed by atoms with Gasteiger partial charge in [0.15, 0.2) is 0 Å². The summed E-state index contributed by atoms with van der Waals surface area (Å²) in [5, 5.41) is 10.0. The van der Waals surface area contributed by atoms with Gasteiger partial charge < -0.3 is 9.84 Å². The molecule has 0 saturated heterocycles. The van der Waals surface area contributed by atoms with E-state index < -0.39 is 0 Å². The highest BCUT2D eigenvalue weighted by Gasteiger charge is 2.12. The van der Waals surface area contributed by atoms with E-state index in [0.29, 0.717) is 23.3 Å². The molecule has 1 rings (SSSR count). The quantitative estimate of drug-likeness (QED) is 0.819. The van der Waals surface area contributed by atoms with Crippen LogP contribution in [0.2, 0.25) is 0 Å².